The molecule has 1 fully saturated rings. The molecule has 0 atom stereocenters. The summed E-state index contributed by atoms with van der Waals surface area (Å²) in [6, 6.07) is 10.3. The van der Waals surface area contributed by atoms with Crippen LogP contribution in [0.1, 0.15) is 31.2 Å². The van der Waals surface area contributed by atoms with Crippen LogP contribution in [0.4, 0.5) is 0 Å². The van der Waals surface area contributed by atoms with Gasteiger partial charge in [0.2, 0.25) is 5.91 Å². The van der Waals surface area contributed by atoms with Gasteiger partial charge in [0.05, 0.1) is 0 Å². The Balaban J connectivity index is 1.78. The first kappa shape index (κ1) is 14.1. The lowest BCUT2D eigenvalue weighted by molar-refractivity contribution is -0.131. The second-order valence-electron chi connectivity index (χ2n) is 5.39. The molecule has 104 valence electrons. The van der Waals surface area contributed by atoms with E-state index in [4.69, 9.17) is 5.73 Å². The van der Waals surface area contributed by atoms with Gasteiger partial charge >= 0.3 is 0 Å². The van der Waals surface area contributed by atoms with Crippen molar-refractivity contribution >= 4 is 5.91 Å². The van der Waals surface area contributed by atoms with Crippen molar-refractivity contribution in [2.24, 2.45) is 11.7 Å². The Morgan fingerprint density at radius 1 is 1.21 bits per heavy atom. The minimum Gasteiger partial charge on any atom is -0.341 e. The summed E-state index contributed by atoms with van der Waals surface area (Å²) in [6.45, 7) is 2.00. The first-order valence-corrected chi connectivity index (χ1v) is 7.31. The van der Waals surface area contributed by atoms with Gasteiger partial charge in [-0.15, -0.1) is 0 Å². The zero-order chi connectivity index (χ0) is 13.5. The monoisotopic (exact) mass is 260 g/mol. The third kappa shape index (κ3) is 5.03. The average Bonchev–Trinajstić information content (AvgIpc) is 3.26. The van der Waals surface area contributed by atoms with Gasteiger partial charge in [-0.05, 0) is 24.3 Å². The standard InChI is InChI=1S/C16H24N2O/c17-11-13-18(16(19)9-8-15-6-7-15)12-10-14-4-2-1-3-5-14/h1-5,15H,6-13,17H2. The quantitative estimate of drug-likeness (QED) is 0.779. The highest BCUT2D eigenvalue weighted by Crippen LogP contribution is 2.33. The molecule has 1 aliphatic carbocycles. The lowest BCUT2D eigenvalue weighted by atomic mass is 10.1. The minimum absolute atomic E-state index is 0.272. The molecule has 0 spiro atoms. The number of rotatable bonds is 8. The van der Waals surface area contributed by atoms with Crippen LogP contribution in [-0.2, 0) is 11.2 Å². The fourth-order valence-corrected chi connectivity index (χ4v) is 2.32. The first-order valence-electron chi connectivity index (χ1n) is 7.31. The number of carbonyl (C=O) groups excluding carboxylic acids is 1. The SMILES string of the molecule is NCCN(CCc1ccccc1)C(=O)CCC1CC1. The number of hydrogen-bond donors (Lipinski definition) is 1. The van der Waals surface area contributed by atoms with Crippen LogP contribution < -0.4 is 5.73 Å². The summed E-state index contributed by atoms with van der Waals surface area (Å²) in [4.78, 5) is 14.1. The molecule has 0 aromatic heterocycles. The van der Waals surface area contributed by atoms with Gasteiger partial charge < -0.3 is 10.6 Å². The summed E-state index contributed by atoms with van der Waals surface area (Å²) < 4.78 is 0. The minimum atomic E-state index is 0.272. The van der Waals surface area contributed by atoms with Crippen molar-refractivity contribution in [3.05, 3.63) is 35.9 Å². The van der Waals surface area contributed by atoms with E-state index in [-0.39, 0.29) is 5.91 Å². The van der Waals surface area contributed by atoms with Gasteiger partial charge in [0.15, 0.2) is 0 Å². The van der Waals surface area contributed by atoms with E-state index >= 15 is 0 Å². The molecule has 1 amide bonds. The van der Waals surface area contributed by atoms with Crippen LogP contribution in [0.2, 0.25) is 0 Å². The van der Waals surface area contributed by atoms with Crippen LogP contribution in [0, 0.1) is 5.92 Å². The number of nitrogens with zero attached hydrogens (tertiary/aromatic N) is 1. The van der Waals surface area contributed by atoms with Crippen molar-refractivity contribution in [1.82, 2.24) is 4.90 Å². The maximum Gasteiger partial charge on any atom is 0.222 e. The zero-order valence-electron chi connectivity index (χ0n) is 11.6. The third-order valence-electron chi connectivity index (χ3n) is 3.73. The Hall–Kier alpha value is -1.35. The number of carbonyl (C=O) groups is 1. The van der Waals surface area contributed by atoms with Crippen molar-refractivity contribution < 1.29 is 4.79 Å². The number of nitrogens with two attached hydrogens (primary N) is 1. The molecular formula is C16H24N2O. The molecule has 2 N–H and O–H groups in total. The molecule has 1 aromatic carbocycles. The van der Waals surface area contributed by atoms with Crippen molar-refractivity contribution in [3.8, 4) is 0 Å². The van der Waals surface area contributed by atoms with E-state index in [1.165, 1.54) is 18.4 Å². The van der Waals surface area contributed by atoms with Gasteiger partial charge in [0.1, 0.15) is 0 Å². The Morgan fingerprint density at radius 2 is 1.95 bits per heavy atom. The predicted molar refractivity (Wildman–Crippen MR) is 77.7 cm³/mol. The predicted octanol–water partition coefficient (Wildman–Crippen LogP) is 2.21. The van der Waals surface area contributed by atoms with Crippen LogP contribution in [0.5, 0.6) is 0 Å². The van der Waals surface area contributed by atoms with Crippen molar-refractivity contribution in [3.63, 3.8) is 0 Å². The van der Waals surface area contributed by atoms with Gasteiger partial charge in [-0.1, -0.05) is 43.2 Å². The fourth-order valence-electron chi connectivity index (χ4n) is 2.32. The lowest BCUT2D eigenvalue weighted by Crippen LogP contribution is -2.36. The molecule has 0 saturated heterocycles. The summed E-state index contributed by atoms with van der Waals surface area (Å²) in [5, 5.41) is 0. The van der Waals surface area contributed by atoms with Crippen LogP contribution in [0.3, 0.4) is 0 Å². The van der Waals surface area contributed by atoms with Crippen molar-refractivity contribution in [2.45, 2.75) is 32.1 Å². The van der Waals surface area contributed by atoms with Gasteiger partial charge in [-0.2, -0.15) is 0 Å². The maximum atomic E-state index is 12.2. The highest BCUT2D eigenvalue weighted by molar-refractivity contribution is 5.76. The second-order valence-corrected chi connectivity index (χ2v) is 5.39. The van der Waals surface area contributed by atoms with Crippen LogP contribution in [0.25, 0.3) is 0 Å². The Kier molecular flexibility index (Phi) is 5.40. The van der Waals surface area contributed by atoms with E-state index in [0.29, 0.717) is 19.5 Å². The largest absolute Gasteiger partial charge is 0.341 e. The molecule has 0 unspecified atom stereocenters. The molecule has 0 radical (unpaired) electrons. The molecule has 1 aliphatic rings. The van der Waals surface area contributed by atoms with Crippen LogP contribution in [-0.4, -0.2) is 30.4 Å². The highest BCUT2D eigenvalue weighted by Gasteiger charge is 2.23. The van der Waals surface area contributed by atoms with E-state index in [1.54, 1.807) is 0 Å². The lowest BCUT2D eigenvalue weighted by Gasteiger charge is -2.22. The average molecular weight is 260 g/mol. The summed E-state index contributed by atoms with van der Waals surface area (Å²) >= 11 is 0. The normalized spacial score (nSPS) is 14.4. The third-order valence-corrected chi connectivity index (χ3v) is 3.73. The second kappa shape index (κ2) is 7.29. The summed E-state index contributed by atoms with van der Waals surface area (Å²) in [5.41, 5.74) is 6.89. The van der Waals surface area contributed by atoms with E-state index < -0.39 is 0 Å². The molecule has 3 nitrogen and oxygen atoms in total. The molecule has 3 heteroatoms. The van der Waals surface area contributed by atoms with E-state index in [0.717, 1.165) is 25.3 Å². The highest BCUT2D eigenvalue weighted by atomic mass is 16.2. The molecule has 0 bridgehead atoms. The molecular weight excluding hydrogens is 236 g/mol. The maximum absolute atomic E-state index is 12.2. The van der Waals surface area contributed by atoms with Gasteiger partial charge in [-0.3, -0.25) is 4.79 Å². The number of benzene rings is 1. The molecule has 1 saturated carbocycles. The van der Waals surface area contributed by atoms with Gasteiger partial charge in [-0.25, -0.2) is 0 Å². The van der Waals surface area contributed by atoms with E-state index in [2.05, 4.69) is 12.1 Å². The summed E-state index contributed by atoms with van der Waals surface area (Å²) in [7, 11) is 0. The summed E-state index contributed by atoms with van der Waals surface area (Å²) in [5.74, 6) is 1.09. The zero-order valence-corrected chi connectivity index (χ0v) is 11.6. The molecule has 0 aliphatic heterocycles. The van der Waals surface area contributed by atoms with Crippen LogP contribution in [0.15, 0.2) is 30.3 Å². The summed E-state index contributed by atoms with van der Waals surface area (Å²) in [6.07, 6.45) is 5.29. The van der Waals surface area contributed by atoms with Crippen LogP contribution >= 0.6 is 0 Å². The number of hydrogen-bond acceptors (Lipinski definition) is 2. The van der Waals surface area contributed by atoms with Crippen molar-refractivity contribution in [2.75, 3.05) is 19.6 Å². The molecule has 0 heterocycles. The smallest absolute Gasteiger partial charge is 0.222 e. The van der Waals surface area contributed by atoms with Crippen molar-refractivity contribution in [1.29, 1.82) is 0 Å². The Bertz CT molecular complexity index is 387. The number of amides is 1. The first-order chi connectivity index (χ1) is 9.29. The van der Waals surface area contributed by atoms with Gasteiger partial charge in [0, 0.05) is 26.1 Å². The molecule has 19 heavy (non-hydrogen) atoms. The Morgan fingerprint density at radius 3 is 2.58 bits per heavy atom. The van der Waals surface area contributed by atoms with Gasteiger partial charge in [0.25, 0.3) is 0 Å². The molecule has 2 rings (SSSR count). The fraction of sp³-hybridized carbons (Fsp3) is 0.562. The van der Waals surface area contributed by atoms with E-state index in [1.807, 2.05) is 23.1 Å². The Labute approximate surface area is 115 Å². The topological polar surface area (TPSA) is 46.3 Å². The van der Waals surface area contributed by atoms with E-state index in [9.17, 15) is 4.79 Å². The molecule has 1 aromatic rings.